The number of carbonyl (C=O) groups is 1. The van der Waals surface area contributed by atoms with Gasteiger partial charge in [0.05, 0.1) is 22.7 Å². The summed E-state index contributed by atoms with van der Waals surface area (Å²) in [4.78, 5) is 20.2. The number of carbonyl (C=O) groups excluding carboxylic acids is 1. The summed E-state index contributed by atoms with van der Waals surface area (Å²) in [6, 6.07) is 18.3. The highest BCUT2D eigenvalue weighted by Gasteiger charge is 2.31. The van der Waals surface area contributed by atoms with Gasteiger partial charge in [0.25, 0.3) is 0 Å². The minimum absolute atomic E-state index is 0.0606. The minimum Gasteiger partial charge on any atom is -0.354 e. The van der Waals surface area contributed by atoms with Crippen LogP contribution in [0.4, 0.5) is 5.82 Å². The predicted octanol–water partition coefficient (Wildman–Crippen LogP) is 5.07. The van der Waals surface area contributed by atoms with E-state index in [1.165, 1.54) is 11.1 Å². The first kappa shape index (κ1) is 21.2. The van der Waals surface area contributed by atoms with Crippen LogP contribution in [0.15, 0.2) is 67.0 Å². The third kappa shape index (κ3) is 3.82. The van der Waals surface area contributed by atoms with E-state index in [-0.39, 0.29) is 17.9 Å². The zero-order valence-corrected chi connectivity index (χ0v) is 19.6. The number of aromatic nitrogens is 3. The molecule has 172 valence electrons. The monoisotopic (exact) mass is 471 g/mol. The Kier molecular flexibility index (Phi) is 5.46. The normalized spacial score (nSPS) is 19.9. The molecule has 1 aliphatic heterocycles. The van der Waals surface area contributed by atoms with E-state index in [0.717, 1.165) is 54.8 Å². The maximum Gasteiger partial charge on any atom is 0.225 e. The molecule has 0 bridgehead atoms. The summed E-state index contributed by atoms with van der Waals surface area (Å²) >= 11 is 6.41. The first-order valence-corrected chi connectivity index (χ1v) is 12.3. The van der Waals surface area contributed by atoms with Crippen LogP contribution in [0.2, 0.25) is 5.02 Å². The van der Waals surface area contributed by atoms with Gasteiger partial charge in [-0.25, -0.2) is 9.50 Å². The molecule has 34 heavy (non-hydrogen) atoms. The van der Waals surface area contributed by atoms with E-state index in [1.54, 1.807) is 6.20 Å². The molecule has 6 rings (SSSR count). The topological polar surface area (TPSA) is 62.5 Å². The Balaban J connectivity index is 1.23. The first-order chi connectivity index (χ1) is 16.7. The second-order valence-electron chi connectivity index (χ2n) is 9.17. The molecule has 0 spiro atoms. The SMILES string of the molecule is O=C(NC1CCc2ccccc21)C1CCCN(c2nccn3nc(-c4ccccc4Cl)cc23)C1. The lowest BCUT2D eigenvalue weighted by atomic mass is 9.96. The van der Waals surface area contributed by atoms with Crippen LogP contribution >= 0.6 is 11.6 Å². The van der Waals surface area contributed by atoms with Gasteiger partial charge in [-0.3, -0.25) is 4.79 Å². The molecule has 2 atom stereocenters. The summed E-state index contributed by atoms with van der Waals surface area (Å²) in [5.74, 6) is 0.940. The van der Waals surface area contributed by atoms with Gasteiger partial charge in [-0.15, -0.1) is 0 Å². The van der Waals surface area contributed by atoms with Crippen molar-refractivity contribution in [3.63, 3.8) is 0 Å². The molecule has 1 amide bonds. The summed E-state index contributed by atoms with van der Waals surface area (Å²) < 4.78 is 1.85. The standard InChI is InChI=1S/C27H26ClN5O/c28-22-10-4-3-9-21(22)24-16-25-26(29-13-15-33(25)31-24)32-14-5-7-19(17-32)27(34)30-23-12-11-18-6-1-2-8-20(18)23/h1-4,6,8-10,13,15-16,19,23H,5,7,11-12,14,17H2,(H,30,34). The lowest BCUT2D eigenvalue weighted by Crippen LogP contribution is -2.44. The highest BCUT2D eigenvalue weighted by molar-refractivity contribution is 6.33. The van der Waals surface area contributed by atoms with Crippen molar-refractivity contribution < 1.29 is 4.79 Å². The maximum atomic E-state index is 13.2. The zero-order valence-electron chi connectivity index (χ0n) is 18.8. The highest BCUT2D eigenvalue weighted by atomic mass is 35.5. The van der Waals surface area contributed by atoms with Crippen LogP contribution in [0.1, 0.15) is 36.4 Å². The molecule has 2 aromatic heterocycles. The van der Waals surface area contributed by atoms with E-state index in [2.05, 4.69) is 39.5 Å². The molecule has 1 N–H and O–H groups in total. The van der Waals surface area contributed by atoms with Gasteiger partial charge < -0.3 is 10.2 Å². The van der Waals surface area contributed by atoms with E-state index in [0.29, 0.717) is 11.6 Å². The third-order valence-electron chi connectivity index (χ3n) is 7.06. The Morgan fingerprint density at radius 1 is 1.09 bits per heavy atom. The Bertz CT molecular complexity index is 1370. The largest absolute Gasteiger partial charge is 0.354 e. The average molecular weight is 472 g/mol. The summed E-state index contributed by atoms with van der Waals surface area (Å²) in [6.45, 7) is 1.52. The number of hydrogen-bond acceptors (Lipinski definition) is 4. The van der Waals surface area contributed by atoms with Crippen LogP contribution in [0.3, 0.4) is 0 Å². The van der Waals surface area contributed by atoms with Crippen LogP contribution in [0, 0.1) is 5.92 Å². The number of nitrogens with one attached hydrogen (secondary N) is 1. The number of halogens is 1. The van der Waals surface area contributed by atoms with Crippen molar-refractivity contribution in [1.29, 1.82) is 0 Å². The molecule has 6 nitrogen and oxygen atoms in total. The Labute approximate surface area is 203 Å². The van der Waals surface area contributed by atoms with E-state index < -0.39 is 0 Å². The summed E-state index contributed by atoms with van der Waals surface area (Å²) in [5.41, 5.74) is 5.24. The molecule has 4 aromatic rings. The number of nitrogens with zero attached hydrogens (tertiary/aromatic N) is 4. The van der Waals surface area contributed by atoms with Crippen molar-refractivity contribution in [3.05, 3.63) is 83.1 Å². The van der Waals surface area contributed by atoms with Gasteiger partial charge in [-0.05, 0) is 48.9 Å². The number of aryl methyl sites for hydroxylation is 1. The number of benzene rings is 2. The lowest BCUT2D eigenvalue weighted by molar-refractivity contribution is -0.126. The fourth-order valence-corrected chi connectivity index (χ4v) is 5.57. The predicted molar refractivity (Wildman–Crippen MR) is 134 cm³/mol. The van der Waals surface area contributed by atoms with E-state index in [4.69, 9.17) is 16.7 Å². The smallest absolute Gasteiger partial charge is 0.225 e. The summed E-state index contributed by atoms with van der Waals surface area (Å²) in [6.07, 6.45) is 7.47. The average Bonchev–Trinajstić information content (AvgIpc) is 3.49. The second-order valence-corrected chi connectivity index (χ2v) is 9.58. The summed E-state index contributed by atoms with van der Waals surface area (Å²) in [5, 5.41) is 8.73. The molecule has 7 heteroatoms. The lowest BCUT2D eigenvalue weighted by Gasteiger charge is -2.33. The fraction of sp³-hybridized carbons (Fsp3) is 0.296. The van der Waals surface area contributed by atoms with Crippen LogP contribution < -0.4 is 10.2 Å². The van der Waals surface area contributed by atoms with Crippen molar-refractivity contribution in [2.75, 3.05) is 18.0 Å². The van der Waals surface area contributed by atoms with E-state index in [1.807, 2.05) is 41.0 Å². The van der Waals surface area contributed by atoms with Crippen LogP contribution in [0.5, 0.6) is 0 Å². The highest BCUT2D eigenvalue weighted by Crippen LogP contribution is 2.33. The quantitative estimate of drug-likeness (QED) is 0.451. The third-order valence-corrected chi connectivity index (χ3v) is 7.39. The molecule has 2 unspecified atom stereocenters. The van der Waals surface area contributed by atoms with Gasteiger partial charge in [0.15, 0.2) is 5.82 Å². The number of piperidine rings is 1. The number of rotatable bonds is 4. The van der Waals surface area contributed by atoms with Crippen molar-refractivity contribution in [3.8, 4) is 11.3 Å². The number of hydrogen-bond donors (Lipinski definition) is 1. The molecule has 2 aromatic carbocycles. The van der Waals surface area contributed by atoms with Gasteiger partial charge in [0.2, 0.25) is 5.91 Å². The van der Waals surface area contributed by atoms with Crippen LogP contribution in [0.25, 0.3) is 16.8 Å². The molecule has 1 fully saturated rings. The molecular weight excluding hydrogens is 446 g/mol. The van der Waals surface area contributed by atoms with E-state index >= 15 is 0 Å². The maximum absolute atomic E-state index is 13.2. The fourth-order valence-electron chi connectivity index (χ4n) is 5.33. The Morgan fingerprint density at radius 2 is 1.94 bits per heavy atom. The van der Waals surface area contributed by atoms with Crippen molar-refractivity contribution in [1.82, 2.24) is 19.9 Å². The molecule has 3 heterocycles. The van der Waals surface area contributed by atoms with Crippen molar-refractivity contribution >= 4 is 28.8 Å². The summed E-state index contributed by atoms with van der Waals surface area (Å²) in [7, 11) is 0. The molecule has 0 saturated carbocycles. The second kappa shape index (κ2) is 8.76. The molecule has 1 saturated heterocycles. The number of amides is 1. The van der Waals surface area contributed by atoms with Gasteiger partial charge in [0.1, 0.15) is 5.52 Å². The molecular formula is C27H26ClN5O. The number of anilines is 1. The van der Waals surface area contributed by atoms with Gasteiger partial charge in [-0.1, -0.05) is 54.1 Å². The molecule has 0 radical (unpaired) electrons. The number of fused-ring (bicyclic) bond motifs is 2. The van der Waals surface area contributed by atoms with Crippen molar-refractivity contribution in [2.45, 2.75) is 31.7 Å². The van der Waals surface area contributed by atoms with Crippen LogP contribution in [-0.2, 0) is 11.2 Å². The Hall–Kier alpha value is -3.38. The molecule has 2 aliphatic rings. The minimum atomic E-state index is -0.0606. The first-order valence-electron chi connectivity index (χ1n) is 11.9. The van der Waals surface area contributed by atoms with Crippen LogP contribution in [-0.4, -0.2) is 33.6 Å². The van der Waals surface area contributed by atoms with Gasteiger partial charge >= 0.3 is 0 Å². The van der Waals surface area contributed by atoms with E-state index in [9.17, 15) is 4.79 Å². The zero-order chi connectivity index (χ0) is 23.1. The van der Waals surface area contributed by atoms with Gasteiger partial charge in [0, 0.05) is 31.0 Å². The van der Waals surface area contributed by atoms with Gasteiger partial charge in [-0.2, -0.15) is 5.10 Å². The molecule has 1 aliphatic carbocycles. The van der Waals surface area contributed by atoms with Crippen molar-refractivity contribution in [2.24, 2.45) is 5.92 Å². The Morgan fingerprint density at radius 3 is 2.85 bits per heavy atom.